The molecule has 0 aliphatic carbocycles. The Hall–Kier alpha value is -2.27. The number of anilines is 1. The molecule has 0 amide bonds. The van der Waals surface area contributed by atoms with Crippen LogP contribution in [0.2, 0.25) is 0 Å². The highest BCUT2D eigenvalue weighted by atomic mass is 35.5. The number of fused-ring (bicyclic) bond motifs is 1. The zero-order valence-electron chi connectivity index (χ0n) is 17.5. The van der Waals surface area contributed by atoms with Crippen molar-refractivity contribution in [3.63, 3.8) is 0 Å². The Kier molecular flexibility index (Phi) is 5.91. The molecule has 5 heterocycles. The fourth-order valence-electron chi connectivity index (χ4n) is 3.75. The maximum Gasteiger partial charge on any atom is 0.257 e. The number of hydrogen-bond acceptors (Lipinski definition) is 8. The van der Waals surface area contributed by atoms with Crippen molar-refractivity contribution in [1.29, 1.82) is 0 Å². The molecule has 4 aromatic rings. The van der Waals surface area contributed by atoms with Crippen molar-refractivity contribution in [2.45, 2.75) is 38.8 Å². The summed E-state index contributed by atoms with van der Waals surface area (Å²) in [4.78, 5) is 26.2. The Balaban J connectivity index is 0.00000231. The third-order valence-electron chi connectivity index (χ3n) is 5.01. The lowest BCUT2D eigenvalue weighted by molar-refractivity contribution is 0.373. The van der Waals surface area contributed by atoms with Crippen molar-refractivity contribution in [3.8, 4) is 16.3 Å². The Morgan fingerprint density at radius 1 is 1.16 bits per heavy atom. The van der Waals surface area contributed by atoms with Crippen LogP contribution in [0.4, 0.5) is 5.13 Å². The second-order valence-corrected chi connectivity index (χ2v) is 10.5. The minimum absolute atomic E-state index is 0. The first-order chi connectivity index (χ1) is 14.4. The third-order valence-corrected chi connectivity index (χ3v) is 7.09. The van der Waals surface area contributed by atoms with Crippen molar-refractivity contribution in [3.05, 3.63) is 41.1 Å². The van der Waals surface area contributed by atoms with E-state index in [1.807, 2.05) is 6.07 Å². The third kappa shape index (κ3) is 4.52. The van der Waals surface area contributed by atoms with E-state index in [1.165, 1.54) is 11.3 Å². The molecular weight excluding hydrogens is 454 g/mol. The molecule has 0 bridgehead atoms. The molecule has 8 nitrogen and oxygen atoms in total. The van der Waals surface area contributed by atoms with Crippen LogP contribution in [-0.2, 0) is 0 Å². The Bertz CT molecular complexity index is 1210. The van der Waals surface area contributed by atoms with Gasteiger partial charge >= 0.3 is 0 Å². The second kappa shape index (κ2) is 8.34. The second-order valence-electron chi connectivity index (χ2n) is 8.54. The number of halogens is 1. The van der Waals surface area contributed by atoms with E-state index in [1.54, 1.807) is 40.6 Å². The predicted octanol–water partition coefficient (Wildman–Crippen LogP) is 3.68. The van der Waals surface area contributed by atoms with Crippen LogP contribution in [0.5, 0.6) is 0 Å². The fraction of sp³-hybridized carbons (Fsp3) is 0.400. The van der Waals surface area contributed by atoms with Crippen LogP contribution in [0.1, 0.15) is 27.2 Å². The molecule has 1 unspecified atom stereocenters. The number of H-pyrrole nitrogens is 1. The van der Waals surface area contributed by atoms with Gasteiger partial charge in [0.25, 0.3) is 5.56 Å². The lowest BCUT2D eigenvalue weighted by atomic mass is 10.1. The van der Waals surface area contributed by atoms with Gasteiger partial charge in [-0.15, -0.1) is 12.4 Å². The molecule has 11 heteroatoms. The molecule has 2 N–H and O–H groups in total. The van der Waals surface area contributed by atoms with E-state index in [2.05, 4.69) is 46.2 Å². The Morgan fingerprint density at radius 3 is 2.58 bits per heavy atom. The number of pyridine rings is 1. The van der Waals surface area contributed by atoms with Crippen LogP contribution in [0, 0.1) is 0 Å². The van der Waals surface area contributed by atoms with Crippen LogP contribution in [0.15, 0.2) is 35.5 Å². The normalized spacial score (nSPS) is 16.7. The van der Waals surface area contributed by atoms with Gasteiger partial charge in [0.1, 0.15) is 0 Å². The number of aromatic amines is 1. The van der Waals surface area contributed by atoms with Crippen molar-refractivity contribution in [2.75, 3.05) is 18.0 Å². The largest absolute Gasteiger partial charge is 0.346 e. The number of thiazole rings is 2. The number of aromatic nitrogens is 5. The first kappa shape index (κ1) is 21.9. The lowest BCUT2D eigenvalue weighted by Crippen LogP contribution is -2.44. The van der Waals surface area contributed by atoms with Gasteiger partial charge < -0.3 is 10.2 Å². The van der Waals surface area contributed by atoms with Crippen LogP contribution in [0.3, 0.4) is 0 Å². The first-order valence-electron chi connectivity index (χ1n) is 9.88. The van der Waals surface area contributed by atoms with Gasteiger partial charge in [0.15, 0.2) is 19.9 Å². The summed E-state index contributed by atoms with van der Waals surface area (Å²) < 4.78 is 1.57. The standard InChI is InChI=1S/C20H23N7OS2.ClH/c1-20(2,3)25-14-5-6-26(11-14)18-23-16-17(29-18)24-19(30-16)27-7-4-12(8-15(27)28)13-9-21-22-10-13;/h4,7-10,14,25H,5-6,11H2,1-3H3,(H,21,22);1H. The SMILES string of the molecule is CC(C)(C)NC1CCN(c2nc3sc(-n4ccc(-c5cn[nH]c5)cc4=O)nc3s2)C1.Cl. The zero-order chi connectivity index (χ0) is 20.9. The lowest BCUT2D eigenvalue weighted by Gasteiger charge is -2.25. The van der Waals surface area contributed by atoms with Crippen molar-refractivity contribution in [1.82, 2.24) is 30.0 Å². The summed E-state index contributed by atoms with van der Waals surface area (Å²) in [6.07, 6.45) is 6.34. The number of hydrogen-bond donors (Lipinski definition) is 2. The minimum Gasteiger partial charge on any atom is -0.346 e. The maximum absolute atomic E-state index is 12.6. The molecule has 1 aliphatic heterocycles. The molecule has 1 saturated heterocycles. The van der Waals surface area contributed by atoms with Gasteiger partial charge in [-0.1, -0.05) is 22.7 Å². The number of nitrogens with one attached hydrogen (secondary N) is 2. The molecule has 0 aromatic carbocycles. The van der Waals surface area contributed by atoms with E-state index in [-0.39, 0.29) is 23.5 Å². The van der Waals surface area contributed by atoms with E-state index in [4.69, 9.17) is 4.98 Å². The topological polar surface area (TPSA) is 91.7 Å². The summed E-state index contributed by atoms with van der Waals surface area (Å²) in [6, 6.07) is 3.97. The molecule has 1 aliphatic rings. The maximum atomic E-state index is 12.6. The molecule has 4 aromatic heterocycles. The summed E-state index contributed by atoms with van der Waals surface area (Å²) in [5, 5.41) is 12.0. The van der Waals surface area contributed by atoms with Gasteiger partial charge in [-0.2, -0.15) is 5.10 Å². The number of nitrogens with zero attached hydrogens (tertiary/aromatic N) is 5. The number of rotatable bonds is 4. The van der Waals surface area contributed by atoms with E-state index >= 15 is 0 Å². The van der Waals surface area contributed by atoms with Crippen LogP contribution in [0.25, 0.3) is 25.9 Å². The van der Waals surface area contributed by atoms with Gasteiger partial charge in [-0.05, 0) is 38.8 Å². The zero-order valence-corrected chi connectivity index (χ0v) is 19.9. The van der Waals surface area contributed by atoms with Gasteiger partial charge in [-0.25, -0.2) is 9.97 Å². The van der Waals surface area contributed by atoms with Gasteiger partial charge in [-0.3, -0.25) is 14.5 Å². The van der Waals surface area contributed by atoms with Gasteiger partial charge in [0.05, 0.1) is 6.20 Å². The van der Waals surface area contributed by atoms with Crippen molar-refractivity contribution in [2.24, 2.45) is 0 Å². The summed E-state index contributed by atoms with van der Waals surface area (Å²) in [7, 11) is 0. The van der Waals surface area contributed by atoms with Crippen molar-refractivity contribution >= 4 is 49.9 Å². The first-order valence-corrected chi connectivity index (χ1v) is 11.5. The van der Waals surface area contributed by atoms with E-state index in [9.17, 15) is 4.79 Å². The minimum atomic E-state index is -0.119. The average Bonchev–Trinajstić information content (AvgIpc) is 3.43. The summed E-state index contributed by atoms with van der Waals surface area (Å²) in [5.74, 6) is 0. The fourth-order valence-corrected chi connectivity index (χ4v) is 5.81. The van der Waals surface area contributed by atoms with Crippen molar-refractivity contribution < 1.29 is 0 Å². The Labute approximate surface area is 193 Å². The summed E-state index contributed by atoms with van der Waals surface area (Å²) in [5.41, 5.74) is 1.71. The molecule has 0 radical (unpaired) electrons. The molecule has 1 atom stereocenters. The van der Waals surface area contributed by atoms with Crippen LogP contribution in [-0.4, -0.2) is 49.4 Å². The quantitative estimate of drug-likeness (QED) is 0.466. The van der Waals surface area contributed by atoms with Gasteiger partial charge in [0.2, 0.25) is 0 Å². The molecule has 0 saturated carbocycles. The van der Waals surface area contributed by atoms with Crippen LogP contribution >= 0.6 is 35.1 Å². The predicted molar refractivity (Wildman–Crippen MR) is 129 cm³/mol. The summed E-state index contributed by atoms with van der Waals surface area (Å²) in [6.45, 7) is 8.55. The smallest absolute Gasteiger partial charge is 0.257 e. The molecule has 1 fully saturated rings. The molecular formula is C20H24ClN7OS2. The highest BCUT2D eigenvalue weighted by Gasteiger charge is 2.28. The molecule has 5 rings (SSSR count). The molecule has 0 spiro atoms. The molecule has 31 heavy (non-hydrogen) atoms. The van der Waals surface area contributed by atoms with E-state index in [0.29, 0.717) is 11.2 Å². The monoisotopic (exact) mass is 477 g/mol. The average molecular weight is 478 g/mol. The van der Waals surface area contributed by atoms with E-state index in [0.717, 1.165) is 45.4 Å². The van der Waals surface area contributed by atoms with Crippen LogP contribution < -0.4 is 15.8 Å². The van der Waals surface area contributed by atoms with E-state index < -0.39 is 0 Å². The Morgan fingerprint density at radius 2 is 1.90 bits per heavy atom. The van der Waals surface area contributed by atoms with Gasteiger partial charge in [0, 0.05) is 48.7 Å². The summed E-state index contributed by atoms with van der Waals surface area (Å²) >= 11 is 3.04. The highest BCUT2D eigenvalue weighted by Crippen LogP contribution is 2.34. The highest BCUT2D eigenvalue weighted by molar-refractivity contribution is 7.29. The molecule has 164 valence electrons.